The highest BCUT2D eigenvalue weighted by Crippen LogP contribution is 2.30. The molecule has 0 unspecified atom stereocenters. The molecule has 0 aliphatic heterocycles. The maximum absolute atomic E-state index is 12.6. The highest BCUT2D eigenvalue weighted by molar-refractivity contribution is 9.10. The summed E-state index contributed by atoms with van der Waals surface area (Å²) in [7, 11) is 0. The molecule has 2 N–H and O–H groups in total. The van der Waals surface area contributed by atoms with Gasteiger partial charge in [-0.05, 0) is 23.8 Å². The number of carbonyl (C=O) groups is 1. The number of anilines is 1. The number of carbonyl (C=O) groups excluding carboxylic acids is 1. The van der Waals surface area contributed by atoms with Crippen molar-refractivity contribution >= 4 is 33.1 Å². The molecular formula is C21H16BrNO2. The Bertz CT molecular complexity index is 906. The number of aromatic hydroxyl groups is 1. The van der Waals surface area contributed by atoms with Crippen molar-refractivity contribution in [2.75, 3.05) is 5.32 Å². The van der Waals surface area contributed by atoms with Crippen LogP contribution in [0.4, 0.5) is 5.69 Å². The van der Waals surface area contributed by atoms with Crippen molar-refractivity contribution in [3.8, 4) is 5.75 Å². The molecular weight excluding hydrogens is 378 g/mol. The van der Waals surface area contributed by atoms with Crippen molar-refractivity contribution in [1.29, 1.82) is 0 Å². The molecule has 0 saturated heterocycles. The molecule has 0 aliphatic carbocycles. The van der Waals surface area contributed by atoms with Crippen LogP contribution in [0, 0.1) is 0 Å². The van der Waals surface area contributed by atoms with Gasteiger partial charge in [-0.3, -0.25) is 4.79 Å². The van der Waals surface area contributed by atoms with E-state index in [0.717, 1.165) is 10.0 Å². The molecule has 0 radical (unpaired) electrons. The van der Waals surface area contributed by atoms with Crippen molar-refractivity contribution in [2.24, 2.45) is 0 Å². The molecule has 0 bridgehead atoms. The smallest absolute Gasteiger partial charge is 0.187 e. The SMILES string of the molecule is O=C(/C=C(\Nc1ccc(Br)cc1O)c1ccccc1)c1ccccc1. The molecule has 0 aliphatic rings. The van der Waals surface area contributed by atoms with E-state index in [0.29, 0.717) is 16.9 Å². The Labute approximate surface area is 154 Å². The Morgan fingerprint density at radius 2 is 1.48 bits per heavy atom. The normalized spacial score (nSPS) is 11.2. The third-order valence-electron chi connectivity index (χ3n) is 3.65. The second-order valence-corrected chi connectivity index (χ2v) is 6.36. The molecule has 0 saturated carbocycles. The summed E-state index contributed by atoms with van der Waals surface area (Å²) in [4.78, 5) is 12.6. The van der Waals surface area contributed by atoms with Crippen LogP contribution in [0.25, 0.3) is 5.70 Å². The predicted molar refractivity (Wildman–Crippen MR) is 105 cm³/mol. The minimum absolute atomic E-state index is 0.100. The quantitative estimate of drug-likeness (QED) is 0.342. The Hall–Kier alpha value is -2.85. The molecule has 4 heteroatoms. The summed E-state index contributed by atoms with van der Waals surface area (Å²) in [6.07, 6.45) is 1.55. The van der Waals surface area contributed by atoms with Crippen LogP contribution in [-0.2, 0) is 0 Å². The maximum atomic E-state index is 12.6. The molecule has 0 aromatic heterocycles. The molecule has 0 spiro atoms. The second-order valence-electron chi connectivity index (χ2n) is 5.44. The third kappa shape index (κ3) is 4.37. The minimum atomic E-state index is -0.108. The summed E-state index contributed by atoms with van der Waals surface area (Å²) in [5.74, 6) is -0.00748. The predicted octanol–water partition coefficient (Wildman–Crippen LogP) is 5.49. The van der Waals surface area contributed by atoms with E-state index in [4.69, 9.17) is 0 Å². The molecule has 0 amide bonds. The number of rotatable bonds is 5. The van der Waals surface area contributed by atoms with Crippen molar-refractivity contribution in [3.05, 3.63) is 101 Å². The second kappa shape index (κ2) is 7.81. The Morgan fingerprint density at radius 3 is 2.08 bits per heavy atom. The van der Waals surface area contributed by atoms with Crippen LogP contribution in [-0.4, -0.2) is 10.9 Å². The van der Waals surface area contributed by atoms with E-state index in [1.54, 1.807) is 30.3 Å². The third-order valence-corrected chi connectivity index (χ3v) is 4.14. The van der Waals surface area contributed by atoms with Gasteiger partial charge in [0.1, 0.15) is 5.75 Å². The largest absolute Gasteiger partial charge is 0.506 e. The summed E-state index contributed by atoms with van der Waals surface area (Å²) in [6.45, 7) is 0. The fourth-order valence-corrected chi connectivity index (χ4v) is 2.73. The van der Waals surface area contributed by atoms with Gasteiger partial charge in [-0.2, -0.15) is 0 Å². The number of phenolic OH excluding ortho intramolecular Hbond substituents is 1. The first kappa shape index (κ1) is 17.0. The molecule has 3 rings (SSSR count). The van der Waals surface area contributed by atoms with Gasteiger partial charge in [0, 0.05) is 21.8 Å². The number of hydrogen-bond donors (Lipinski definition) is 2. The van der Waals surface area contributed by atoms with Gasteiger partial charge in [0.2, 0.25) is 0 Å². The molecule has 3 aromatic carbocycles. The number of hydrogen-bond acceptors (Lipinski definition) is 3. The molecule has 124 valence electrons. The van der Waals surface area contributed by atoms with Crippen LogP contribution < -0.4 is 5.32 Å². The monoisotopic (exact) mass is 393 g/mol. The highest BCUT2D eigenvalue weighted by atomic mass is 79.9. The molecule has 3 nitrogen and oxygen atoms in total. The van der Waals surface area contributed by atoms with Crippen molar-refractivity contribution < 1.29 is 9.90 Å². The number of benzene rings is 3. The van der Waals surface area contributed by atoms with Gasteiger partial charge in [0.05, 0.1) is 5.69 Å². The van der Waals surface area contributed by atoms with Crippen molar-refractivity contribution in [1.82, 2.24) is 0 Å². The van der Waals surface area contributed by atoms with Gasteiger partial charge >= 0.3 is 0 Å². The van der Waals surface area contributed by atoms with Crippen LogP contribution in [0.5, 0.6) is 5.75 Å². The number of phenols is 1. The summed E-state index contributed by atoms with van der Waals surface area (Å²) >= 11 is 3.32. The standard InChI is InChI=1S/C21H16BrNO2/c22-17-11-12-18(21(25)13-17)23-19(15-7-3-1-4-8-15)14-20(24)16-9-5-2-6-10-16/h1-14,23,25H/b19-14-. The van der Waals surface area contributed by atoms with Crippen molar-refractivity contribution in [2.45, 2.75) is 0 Å². The first-order chi connectivity index (χ1) is 12.1. The van der Waals surface area contributed by atoms with Gasteiger partial charge in [-0.25, -0.2) is 0 Å². The van der Waals surface area contributed by atoms with Crippen LogP contribution in [0.2, 0.25) is 0 Å². The average molecular weight is 394 g/mol. The Morgan fingerprint density at radius 1 is 0.880 bits per heavy atom. The van der Waals surface area contributed by atoms with E-state index < -0.39 is 0 Å². The van der Waals surface area contributed by atoms with Crippen LogP contribution in [0.3, 0.4) is 0 Å². The zero-order valence-electron chi connectivity index (χ0n) is 13.3. The maximum Gasteiger partial charge on any atom is 0.187 e. The first-order valence-corrected chi connectivity index (χ1v) is 8.55. The summed E-state index contributed by atoms with van der Waals surface area (Å²) in [5.41, 5.74) is 2.61. The van der Waals surface area contributed by atoms with Gasteiger partial charge in [-0.1, -0.05) is 76.6 Å². The van der Waals surface area contributed by atoms with Crippen molar-refractivity contribution in [3.63, 3.8) is 0 Å². The number of nitrogens with one attached hydrogen (secondary N) is 1. The summed E-state index contributed by atoms with van der Waals surface area (Å²) < 4.78 is 0.779. The lowest BCUT2D eigenvalue weighted by atomic mass is 10.1. The highest BCUT2D eigenvalue weighted by Gasteiger charge is 2.10. The van der Waals surface area contributed by atoms with Gasteiger partial charge in [-0.15, -0.1) is 0 Å². The van der Waals surface area contributed by atoms with Crippen LogP contribution in [0.1, 0.15) is 15.9 Å². The van der Waals surface area contributed by atoms with E-state index in [1.807, 2.05) is 54.6 Å². The van der Waals surface area contributed by atoms with Crippen LogP contribution >= 0.6 is 15.9 Å². The lowest BCUT2D eigenvalue weighted by Crippen LogP contribution is -2.03. The number of allylic oxidation sites excluding steroid dienone is 1. The molecule has 3 aromatic rings. The fraction of sp³-hybridized carbons (Fsp3) is 0. The van der Waals surface area contributed by atoms with E-state index >= 15 is 0 Å². The van der Waals surface area contributed by atoms with Gasteiger partial charge < -0.3 is 10.4 Å². The van der Waals surface area contributed by atoms with E-state index in [9.17, 15) is 9.90 Å². The minimum Gasteiger partial charge on any atom is -0.506 e. The number of halogens is 1. The van der Waals surface area contributed by atoms with Crippen LogP contribution in [0.15, 0.2) is 89.4 Å². The van der Waals surface area contributed by atoms with E-state index in [1.165, 1.54) is 0 Å². The lowest BCUT2D eigenvalue weighted by molar-refractivity contribution is 0.104. The Kier molecular flexibility index (Phi) is 5.31. The van der Waals surface area contributed by atoms with E-state index in [2.05, 4.69) is 21.2 Å². The fourth-order valence-electron chi connectivity index (χ4n) is 2.38. The van der Waals surface area contributed by atoms with Gasteiger partial charge in [0.25, 0.3) is 0 Å². The molecule has 25 heavy (non-hydrogen) atoms. The first-order valence-electron chi connectivity index (χ1n) is 7.75. The Balaban J connectivity index is 1.98. The lowest BCUT2D eigenvalue weighted by Gasteiger charge is -2.13. The molecule has 0 heterocycles. The topological polar surface area (TPSA) is 49.3 Å². The molecule has 0 fully saturated rings. The number of ketones is 1. The summed E-state index contributed by atoms with van der Waals surface area (Å²) in [6, 6.07) is 23.8. The zero-order valence-corrected chi connectivity index (χ0v) is 14.9. The average Bonchev–Trinajstić information content (AvgIpc) is 2.64. The van der Waals surface area contributed by atoms with E-state index in [-0.39, 0.29) is 11.5 Å². The molecule has 0 atom stereocenters. The summed E-state index contributed by atoms with van der Waals surface area (Å²) in [5, 5.41) is 13.3. The van der Waals surface area contributed by atoms with Gasteiger partial charge in [0.15, 0.2) is 5.78 Å². The zero-order chi connectivity index (χ0) is 17.6.